The largest absolute Gasteiger partial charge is 0.325 e. The monoisotopic (exact) mass is 356 g/mol. The lowest BCUT2D eigenvalue weighted by Crippen LogP contribution is -2.23. The van der Waals surface area contributed by atoms with E-state index in [1.807, 2.05) is 37.3 Å². The van der Waals surface area contributed by atoms with Crippen molar-refractivity contribution in [3.05, 3.63) is 58.6 Å². The fraction of sp³-hybridized carbons (Fsp3) is 0.300. The Morgan fingerprint density at radius 3 is 2.64 bits per heavy atom. The molecule has 1 heterocycles. The first-order valence-corrected chi connectivity index (χ1v) is 8.86. The Morgan fingerprint density at radius 2 is 1.96 bits per heavy atom. The third-order valence-electron chi connectivity index (χ3n) is 4.37. The fourth-order valence-corrected chi connectivity index (χ4v) is 3.09. The Labute approximate surface area is 152 Å². The Balaban J connectivity index is 1.64. The van der Waals surface area contributed by atoms with E-state index in [0.29, 0.717) is 36.5 Å². The summed E-state index contributed by atoms with van der Waals surface area (Å²) >= 11 is 6.20. The van der Waals surface area contributed by atoms with Crippen LogP contribution >= 0.6 is 11.6 Å². The van der Waals surface area contributed by atoms with Gasteiger partial charge in [-0.05, 0) is 43.5 Å². The minimum atomic E-state index is -0.0904. The highest BCUT2D eigenvalue weighted by atomic mass is 35.5. The minimum absolute atomic E-state index is 0.0904. The summed E-state index contributed by atoms with van der Waals surface area (Å²) in [7, 11) is 0. The zero-order valence-corrected chi connectivity index (χ0v) is 15.0. The number of carbonyl (C=O) groups is 2. The van der Waals surface area contributed by atoms with Gasteiger partial charge in [-0.25, -0.2) is 0 Å². The van der Waals surface area contributed by atoms with Crippen LogP contribution in [0.5, 0.6) is 0 Å². The van der Waals surface area contributed by atoms with Crippen LogP contribution in [0.4, 0.5) is 11.4 Å². The number of hydrogen-bond acceptors (Lipinski definition) is 2. The highest BCUT2D eigenvalue weighted by molar-refractivity contribution is 6.33. The predicted octanol–water partition coefficient (Wildman–Crippen LogP) is 4.35. The van der Waals surface area contributed by atoms with Gasteiger partial charge in [0.15, 0.2) is 0 Å². The van der Waals surface area contributed by atoms with E-state index in [4.69, 9.17) is 11.6 Å². The summed E-state index contributed by atoms with van der Waals surface area (Å²) in [6, 6.07) is 13.5. The molecule has 5 heteroatoms. The molecule has 1 N–H and O–H groups in total. The molecule has 0 aliphatic carbocycles. The van der Waals surface area contributed by atoms with Crippen molar-refractivity contribution in [1.29, 1.82) is 0 Å². The van der Waals surface area contributed by atoms with E-state index in [1.165, 1.54) is 5.56 Å². The molecule has 1 aliphatic rings. The average molecular weight is 357 g/mol. The molecule has 2 aromatic carbocycles. The van der Waals surface area contributed by atoms with Crippen molar-refractivity contribution >= 4 is 34.8 Å². The summed E-state index contributed by atoms with van der Waals surface area (Å²) < 4.78 is 0. The van der Waals surface area contributed by atoms with Gasteiger partial charge in [0, 0.05) is 25.1 Å². The molecule has 0 saturated carbocycles. The number of nitrogens with one attached hydrogen (secondary N) is 1. The van der Waals surface area contributed by atoms with E-state index in [0.717, 1.165) is 17.7 Å². The van der Waals surface area contributed by atoms with Gasteiger partial charge in [0.25, 0.3) is 0 Å². The molecule has 1 aliphatic heterocycles. The number of halogens is 1. The molecule has 0 spiro atoms. The molecule has 2 aromatic rings. The zero-order chi connectivity index (χ0) is 17.8. The summed E-state index contributed by atoms with van der Waals surface area (Å²) in [5.41, 5.74) is 3.66. The van der Waals surface area contributed by atoms with Crippen molar-refractivity contribution in [3.8, 4) is 0 Å². The van der Waals surface area contributed by atoms with Gasteiger partial charge < -0.3 is 10.2 Å². The third kappa shape index (κ3) is 4.40. The van der Waals surface area contributed by atoms with Gasteiger partial charge in [-0.2, -0.15) is 0 Å². The SMILES string of the molecule is Cc1ccc(CCC(=O)Nc2cc(N3CCCC3=O)ccc2Cl)cc1. The van der Waals surface area contributed by atoms with Crippen molar-refractivity contribution in [2.75, 3.05) is 16.8 Å². The molecule has 25 heavy (non-hydrogen) atoms. The van der Waals surface area contributed by atoms with Crippen LogP contribution in [0.25, 0.3) is 0 Å². The van der Waals surface area contributed by atoms with Gasteiger partial charge in [-0.3, -0.25) is 9.59 Å². The number of hydrogen-bond donors (Lipinski definition) is 1. The van der Waals surface area contributed by atoms with Crippen molar-refractivity contribution in [2.45, 2.75) is 32.6 Å². The van der Waals surface area contributed by atoms with E-state index in [1.54, 1.807) is 17.0 Å². The number of anilines is 2. The Morgan fingerprint density at radius 1 is 1.20 bits per heavy atom. The predicted molar refractivity (Wildman–Crippen MR) is 101 cm³/mol. The maximum absolute atomic E-state index is 12.3. The molecule has 0 bridgehead atoms. The van der Waals surface area contributed by atoms with E-state index < -0.39 is 0 Å². The van der Waals surface area contributed by atoms with Crippen molar-refractivity contribution < 1.29 is 9.59 Å². The summed E-state index contributed by atoms with van der Waals surface area (Å²) in [5.74, 6) is 0.0198. The lowest BCUT2D eigenvalue weighted by molar-refractivity contribution is -0.117. The summed E-state index contributed by atoms with van der Waals surface area (Å²) in [5, 5.41) is 3.33. The van der Waals surface area contributed by atoms with Crippen LogP contribution in [-0.2, 0) is 16.0 Å². The number of rotatable bonds is 5. The second-order valence-corrected chi connectivity index (χ2v) is 6.75. The first-order valence-electron chi connectivity index (χ1n) is 8.48. The van der Waals surface area contributed by atoms with Gasteiger partial charge in [0.1, 0.15) is 0 Å². The maximum atomic E-state index is 12.3. The third-order valence-corrected chi connectivity index (χ3v) is 4.70. The van der Waals surface area contributed by atoms with Crippen LogP contribution in [0.15, 0.2) is 42.5 Å². The molecule has 0 atom stereocenters. The van der Waals surface area contributed by atoms with E-state index in [9.17, 15) is 9.59 Å². The quantitative estimate of drug-likeness (QED) is 0.866. The van der Waals surface area contributed by atoms with E-state index in [-0.39, 0.29) is 11.8 Å². The molecule has 130 valence electrons. The molecule has 1 fully saturated rings. The molecule has 4 nitrogen and oxygen atoms in total. The number of benzene rings is 2. The second-order valence-electron chi connectivity index (χ2n) is 6.35. The van der Waals surface area contributed by atoms with Crippen LogP contribution in [0.2, 0.25) is 5.02 Å². The van der Waals surface area contributed by atoms with Gasteiger partial charge in [-0.15, -0.1) is 0 Å². The molecule has 0 unspecified atom stereocenters. The van der Waals surface area contributed by atoms with Crippen LogP contribution in [-0.4, -0.2) is 18.4 Å². The Bertz CT molecular complexity index is 787. The van der Waals surface area contributed by atoms with Gasteiger partial charge in [-0.1, -0.05) is 41.4 Å². The second kappa shape index (κ2) is 7.70. The molecule has 3 rings (SSSR count). The standard InChI is InChI=1S/C20H21ClN2O2/c1-14-4-6-15(7-5-14)8-11-19(24)22-18-13-16(9-10-17(18)21)23-12-2-3-20(23)25/h4-7,9-10,13H,2-3,8,11-12H2,1H3,(H,22,24). The van der Waals surface area contributed by atoms with Crippen molar-refractivity contribution in [1.82, 2.24) is 0 Å². The topological polar surface area (TPSA) is 49.4 Å². The Hall–Kier alpha value is -2.33. The highest BCUT2D eigenvalue weighted by Crippen LogP contribution is 2.30. The molecular weight excluding hydrogens is 336 g/mol. The maximum Gasteiger partial charge on any atom is 0.227 e. The van der Waals surface area contributed by atoms with Crippen LogP contribution in [0, 0.1) is 6.92 Å². The molecule has 0 radical (unpaired) electrons. The first kappa shape index (κ1) is 17.5. The summed E-state index contributed by atoms with van der Waals surface area (Å²) in [6.07, 6.45) is 2.49. The van der Waals surface area contributed by atoms with Gasteiger partial charge in [0.05, 0.1) is 10.7 Å². The van der Waals surface area contributed by atoms with Crippen molar-refractivity contribution in [2.24, 2.45) is 0 Å². The van der Waals surface area contributed by atoms with Gasteiger partial charge in [0.2, 0.25) is 11.8 Å². The molecular formula is C20H21ClN2O2. The summed E-state index contributed by atoms with van der Waals surface area (Å²) in [4.78, 5) is 25.9. The van der Waals surface area contributed by atoms with E-state index in [2.05, 4.69) is 5.32 Å². The van der Waals surface area contributed by atoms with Gasteiger partial charge >= 0.3 is 0 Å². The molecule has 1 saturated heterocycles. The number of nitrogens with zero attached hydrogens (tertiary/aromatic N) is 1. The number of amides is 2. The lowest BCUT2D eigenvalue weighted by atomic mass is 10.1. The molecule has 0 aromatic heterocycles. The van der Waals surface area contributed by atoms with Crippen LogP contribution in [0.1, 0.15) is 30.4 Å². The Kier molecular flexibility index (Phi) is 5.39. The minimum Gasteiger partial charge on any atom is -0.325 e. The van der Waals surface area contributed by atoms with Crippen molar-refractivity contribution in [3.63, 3.8) is 0 Å². The van der Waals surface area contributed by atoms with E-state index >= 15 is 0 Å². The normalized spacial score (nSPS) is 14.0. The summed E-state index contributed by atoms with van der Waals surface area (Å²) in [6.45, 7) is 2.75. The van der Waals surface area contributed by atoms with Crippen LogP contribution in [0.3, 0.4) is 0 Å². The smallest absolute Gasteiger partial charge is 0.227 e. The number of aryl methyl sites for hydroxylation is 2. The molecule has 2 amide bonds. The first-order chi connectivity index (χ1) is 12.0. The van der Waals surface area contributed by atoms with Crippen LogP contribution < -0.4 is 10.2 Å². The average Bonchev–Trinajstić information content (AvgIpc) is 3.02. The highest BCUT2D eigenvalue weighted by Gasteiger charge is 2.22. The fourth-order valence-electron chi connectivity index (χ4n) is 2.92. The lowest BCUT2D eigenvalue weighted by Gasteiger charge is -2.17. The zero-order valence-electron chi connectivity index (χ0n) is 14.2. The number of carbonyl (C=O) groups excluding carboxylic acids is 2.